The van der Waals surface area contributed by atoms with Gasteiger partial charge in [0.15, 0.2) is 0 Å². The first-order valence-electron chi connectivity index (χ1n) is 10.1. The molecule has 4 nitrogen and oxygen atoms in total. The Kier molecular flexibility index (Phi) is 8.03. The molecule has 1 saturated heterocycles. The lowest BCUT2D eigenvalue weighted by molar-refractivity contribution is -0.116. The van der Waals surface area contributed by atoms with E-state index in [0.29, 0.717) is 0 Å². The van der Waals surface area contributed by atoms with E-state index < -0.39 is 0 Å². The van der Waals surface area contributed by atoms with E-state index in [1.54, 1.807) is 0 Å². The molecule has 1 aliphatic rings. The van der Waals surface area contributed by atoms with Gasteiger partial charge in [-0.2, -0.15) is 0 Å². The number of morpholine rings is 1. The van der Waals surface area contributed by atoms with Crippen LogP contribution in [0.2, 0.25) is 0 Å². The van der Waals surface area contributed by atoms with Gasteiger partial charge in [0.25, 0.3) is 0 Å². The number of carbonyl (C=O) groups is 1. The summed E-state index contributed by atoms with van der Waals surface area (Å²) < 4.78 is 5.41. The van der Waals surface area contributed by atoms with Crippen molar-refractivity contribution < 1.29 is 9.53 Å². The third-order valence-corrected chi connectivity index (χ3v) is 5.26. The van der Waals surface area contributed by atoms with Gasteiger partial charge in [-0.25, -0.2) is 0 Å². The van der Waals surface area contributed by atoms with Gasteiger partial charge in [0.2, 0.25) is 5.91 Å². The lowest BCUT2D eigenvalue weighted by atomic mass is 9.90. The Balaban J connectivity index is 0.00000256. The summed E-state index contributed by atoms with van der Waals surface area (Å²) >= 11 is 0. The maximum absolute atomic E-state index is 13.2. The van der Waals surface area contributed by atoms with Crippen LogP contribution in [0.5, 0.6) is 0 Å². The zero-order valence-corrected chi connectivity index (χ0v) is 17.7. The minimum absolute atomic E-state index is 0. The van der Waals surface area contributed by atoms with Crippen LogP contribution in [0.1, 0.15) is 22.6 Å². The molecule has 0 spiro atoms. The number of hydrogen-bond acceptors (Lipinski definition) is 3. The summed E-state index contributed by atoms with van der Waals surface area (Å²) in [7, 11) is 0. The first kappa shape index (κ1) is 22.0. The number of rotatable bonds is 6. The van der Waals surface area contributed by atoms with E-state index in [1.165, 1.54) is 5.56 Å². The standard InChI is InChI=1S/C25H26N2O2.ClH/c28-25(24(21-7-3-1-4-8-21)22-9-5-2-6-10-22)26-23-13-11-20(12-14-23)19-27-15-17-29-18-16-27;/h1-14,24H,15-19H2,(H,26,28);1H. The number of nitrogens with zero attached hydrogens (tertiary/aromatic N) is 1. The molecule has 1 amide bonds. The summed E-state index contributed by atoms with van der Waals surface area (Å²) in [4.78, 5) is 15.6. The Bertz CT molecular complexity index is 871. The van der Waals surface area contributed by atoms with Gasteiger partial charge in [-0.05, 0) is 28.8 Å². The van der Waals surface area contributed by atoms with Crippen LogP contribution in [0.15, 0.2) is 84.9 Å². The van der Waals surface area contributed by atoms with Gasteiger partial charge in [0, 0.05) is 25.3 Å². The summed E-state index contributed by atoms with van der Waals surface area (Å²) in [5.41, 5.74) is 4.03. The zero-order valence-electron chi connectivity index (χ0n) is 16.9. The molecule has 0 radical (unpaired) electrons. The number of hydrogen-bond donors (Lipinski definition) is 1. The van der Waals surface area contributed by atoms with Crippen molar-refractivity contribution in [3.05, 3.63) is 102 Å². The molecule has 0 saturated carbocycles. The molecule has 30 heavy (non-hydrogen) atoms. The van der Waals surface area contributed by atoms with E-state index in [1.807, 2.05) is 72.8 Å². The third kappa shape index (κ3) is 5.70. The second-order valence-electron chi connectivity index (χ2n) is 7.33. The maximum Gasteiger partial charge on any atom is 0.236 e. The van der Waals surface area contributed by atoms with E-state index in [0.717, 1.165) is 49.7 Å². The molecule has 5 heteroatoms. The van der Waals surface area contributed by atoms with Crippen molar-refractivity contribution in [1.29, 1.82) is 0 Å². The van der Waals surface area contributed by atoms with Crippen LogP contribution in [-0.4, -0.2) is 37.1 Å². The lowest BCUT2D eigenvalue weighted by Crippen LogP contribution is -2.35. The minimum Gasteiger partial charge on any atom is -0.379 e. The molecule has 0 bridgehead atoms. The van der Waals surface area contributed by atoms with Gasteiger partial charge >= 0.3 is 0 Å². The molecule has 156 valence electrons. The molecule has 4 rings (SSSR count). The van der Waals surface area contributed by atoms with Gasteiger partial charge in [-0.15, -0.1) is 12.4 Å². The SMILES string of the molecule is Cl.O=C(Nc1ccc(CN2CCOCC2)cc1)C(c1ccccc1)c1ccccc1. The number of anilines is 1. The Labute approximate surface area is 184 Å². The minimum atomic E-state index is -0.342. The summed E-state index contributed by atoms with van der Waals surface area (Å²) in [5, 5.41) is 3.10. The van der Waals surface area contributed by atoms with Crippen molar-refractivity contribution in [2.24, 2.45) is 0 Å². The highest BCUT2D eigenvalue weighted by atomic mass is 35.5. The van der Waals surface area contributed by atoms with Crippen molar-refractivity contribution in [2.45, 2.75) is 12.5 Å². The van der Waals surface area contributed by atoms with Gasteiger partial charge in [-0.1, -0.05) is 72.8 Å². The average molecular weight is 423 g/mol. The molecule has 0 unspecified atom stereocenters. The Hall–Kier alpha value is -2.66. The van der Waals surface area contributed by atoms with Crippen molar-refractivity contribution in [3.8, 4) is 0 Å². The highest BCUT2D eigenvalue weighted by molar-refractivity contribution is 5.98. The monoisotopic (exact) mass is 422 g/mol. The number of amides is 1. The highest BCUT2D eigenvalue weighted by Crippen LogP contribution is 2.26. The smallest absolute Gasteiger partial charge is 0.236 e. The molecule has 3 aromatic rings. The van der Waals surface area contributed by atoms with Crippen LogP contribution in [-0.2, 0) is 16.1 Å². The predicted molar refractivity (Wildman–Crippen MR) is 123 cm³/mol. The van der Waals surface area contributed by atoms with Gasteiger partial charge in [0.05, 0.1) is 19.1 Å². The highest BCUT2D eigenvalue weighted by Gasteiger charge is 2.22. The van der Waals surface area contributed by atoms with Gasteiger partial charge in [-0.3, -0.25) is 9.69 Å². The normalized spacial score (nSPS) is 14.2. The third-order valence-electron chi connectivity index (χ3n) is 5.26. The van der Waals surface area contributed by atoms with Crippen LogP contribution in [0.25, 0.3) is 0 Å². The molecule has 1 heterocycles. The molecule has 1 N–H and O–H groups in total. The molecule has 0 aromatic heterocycles. The van der Waals surface area contributed by atoms with E-state index in [2.05, 4.69) is 22.3 Å². The number of benzene rings is 3. The van der Waals surface area contributed by atoms with E-state index in [-0.39, 0.29) is 24.2 Å². The topological polar surface area (TPSA) is 41.6 Å². The van der Waals surface area contributed by atoms with Crippen molar-refractivity contribution in [2.75, 3.05) is 31.6 Å². The average Bonchev–Trinajstić information content (AvgIpc) is 2.78. The summed E-state index contributed by atoms with van der Waals surface area (Å²) in [6, 6.07) is 28.0. The predicted octanol–water partition coefficient (Wildman–Crippen LogP) is 4.71. The van der Waals surface area contributed by atoms with Crippen molar-refractivity contribution in [3.63, 3.8) is 0 Å². The first-order valence-corrected chi connectivity index (χ1v) is 10.1. The second kappa shape index (κ2) is 10.9. The summed E-state index contributed by atoms with van der Waals surface area (Å²) in [6.07, 6.45) is 0. The molecule has 0 aliphatic carbocycles. The number of carbonyl (C=O) groups excluding carboxylic acids is 1. The summed E-state index contributed by atoms with van der Waals surface area (Å²) in [6.45, 7) is 4.44. The lowest BCUT2D eigenvalue weighted by Gasteiger charge is -2.26. The van der Waals surface area contributed by atoms with Crippen LogP contribution < -0.4 is 5.32 Å². The Morgan fingerprint density at radius 1 is 0.833 bits per heavy atom. The van der Waals surface area contributed by atoms with E-state index >= 15 is 0 Å². The number of nitrogens with one attached hydrogen (secondary N) is 1. The first-order chi connectivity index (χ1) is 14.3. The number of halogens is 1. The number of ether oxygens (including phenoxy) is 1. The van der Waals surface area contributed by atoms with Gasteiger partial charge in [0.1, 0.15) is 0 Å². The summed E-state index contributed by atoms with van der Waals surface area (Å²) in [5.74, 6) is -0.367. The fraction of sp³-hybridized carbons (Fsp3) is 0.240. The molecule has 3 aromatic carbocycles. The van der Waals surface area contributed by atoms with Crippen LogP contribution in [0.4, 0.5) is 5.69 Å². The largest absolute Gasteiger partial charge is 0.379 e. The molecular formula is C25H27ClN2O2. The fourth-order valence-electron chi connectivity index (χ4n) is 3.71. The van der Waals surface area contributed by atoms with Crippen LogP contribution in [0, 0.1) is 0 Å². The van der Waals surface area contributed by atoms with Crippen molar-refractivity contribution in [1.82, 2.24) is 4.90 Å². The van der Waals surface area contributed by atoms with Crippen LogP contribution in [0.3, 0.4) is 0 Å². The van der Waals surface area contributed by atoms with Gasteiger partial charge < -0.3 is 10.1 Å². The van der Waals surface area contributed by atoms with Crippen molar-refractivity contribution >= 4 is 24.0 Å². The second-order valence-corrected chi connectivity index (χ2v) is 7.33. The van der Waals surface area contributed by atoms with Crippen LogP contribution >= 0.6 is 12.4 Å². The molecule has 1 aliphatic heterocycles. The molecule has 0 atom stereocenters. The van der Waals surface area contributed by atoms with E-state index in [4.69, 9.17) is 4.74 Å². The fourth-order valence-corrected chi connectivity index (χ4v) is 3.71. The van der Waals surface area contributed by atoms with E-state index in [9.17, 15) is 4.79 Å². The molecular weight excluding hydrogens is 396 g/mol. The Morgan fingerprint density at radius 2 is 1.37 bits per heavy atom. The Morgan fingerprint density at radius 3 is 1.90 bits per heavy atom. The quantitative estimate of drug-likeness (QED) is 0.625. The molecule has 1 fully saturated rings. The maximum atomic E-state index is 13.2. The zero-order chi connectivity index (χ0) is 19.9.